The van der Waals surface area contributed by atoms with Crippen LogP contribution in [0.1, 0.15) is 20.3 Å². The molecule has 0 aliphatic rings. The molecule has 0 aliphatic heterocycles. The molecule has 0 amide bonds. The second-order valence-electron chi connectivity index (χ2n) is 5.34. The van der Waals surface area contributed by atoms with Crippen LogP contribution in [0.2, 0.25) is 0 Å². The lowest BCUT2D eigenvalue weighted by molar-refractivity contribution is 0.223. The number of benzene rings is 2. The number of para-hydroxylation sites is 2. The van der Waals surface area contributed by atoms with Crippen LogP contribution in [0.25, 0.3) is 0 Å². The maximum Gasteiger partial charge on any atom is 0.161 e. The van der Waals surface area contributed by atoms with Gasteiger partial charge in [-0.3, -0.25) is 0 Å². The van der Waals surface area contributed by atoms with Gasteiger partial charge in [-0.15, -0.1) is 0 Å². The summed E-state index contributed by atoms with van der Waals surface area (Å²) in [6.45, 7) is 5.54. The van der Waals surface area contributed by atoms with E-state index in [9.17, 15) is 0 Å². The Hall–Kier alpha value is -2.36. The molecule has 1 atom stereocenters. The number of hydrogen-bond acceptors (Lipinski definition) is 4. The summed E-state index contributed by atoms with van der Waals surface area (Å²) in [5.41, 5.74) is 1.02. The van der Waals surface area contributed by atoms with E-state index in [0.29, 0.717) is 6.54 Å². The lowest BCUT2D eigenvalue weighted by atomic mass is 10.2. The van der Waals surface area contributed by atoms with Crippen LogP contribution in [-0.4, -0.2) is 26.4 Å². The summed E-state index contributed by atoms with van der Waals surface area (Å²) in [6, 6.07) is 15.6. The predicted octanol–water partition coefficient (Wildman–Crippen LogP) is 4.36. The second-order valence-corrected chi connectivity index (χ2v) is 5.34. The Bertz CT molecular complexity index is 601. The van der Waals surface area contributed by atoms with Crippen molar-refractivity contribution >= 4 is 5.69 Å². The first kappa shape index (κ1) is 17.0. The van der Waals surface area contributed by atoms with E-state index < -0.39 is 0 Å². The van der Waals surface area contributed by atoms with Crippen molar-refractivity contribution in [3.05, 3.63) is 48.5 Å². The van der Waals surface area contributed by atoms with Crippen molar-refractivity contribution in [3.63, 3.8) is 0 Å². The fourth-order valence-electron chi connectivity index (χ4n) is 2.15. The lowest BCUT2D eigenvalue weighted by Crippen LogP contribution is -2.22. The molecule has 23 heavy (non-hydrogen) atoms. The summed E-state index contributed by atoms with van der Waals surface area (Å²) >= 11 is 0. The first-order valence-corrected chi connectivity index (χ1v) is 7.99. The highest BCUT2D eigenvalue weighted by molar-refractivity contribution is 5.48. The molecule has 2 aromatic carbocycles. The number of hydrogen-bond donors (Lipinski definition) is 1. The van der Waals surface area contributed by atoms with Gasteiger partial charge in [0.25, 0.3) is 0 Å². The minimum atomic E-state index is 0.00603. The number of rotatable bonds is 9. The highest BCUT2D eigenvalue weighted by atomic mass is 16.5. The number of nitrogens with one attached hydrogen (secondary N) is 1. The molecular formula is C19H25NO3. The van der Waals surface area contributed by atoms with E-state index in [4.69, 9.17) is 14.2 Å². The van der Waals surface area contributed by atoms with Crippen LogP contribution in [-0.2, 0) is 0 Å². The third-order valence-electron chi connectivity index (χ3n) is 3.30. The third-order valence-corrected chi connectivity index (χ3v) is 3.30. The molecule has 0 aromatic heterocycles. The highest BCUT2D eigenvalue weighted by Gasteiger charge is 2.08. The van der Waals surface area contributed by atoms with Crippen LogP contribution in [0.5, 0.6) is 17.2 Å². The molecule has 2 rings (SSSR count). The van der Waals surface area contributed by atoms with Gasteiger partial charge in [-0.2, -0.15) is 0 Å². The van der Waals surface area contributed by atoms with E-state index >= 15 is 0 Å². The van der Waals surface area contributed by atoms with E-state index in [1.807, 2.05) is 55.5 Å². The first-order valence-electron chi connectivity index (χ1n) is 7.99. The van der Waals surface area contributed by atoms with Crippen molar-refractivity contribution in [2.75, 3.05) is 25.6 Å². The maximum absolute atomic E-state index is 5.93. The van der Waals surface area contributed by atoms with Crippen molar-refractivity contribution in [1.82, 2.24) is 0 Å². The summed E-state index contributed by atoms with van der Waals surface area (Å²) in [4.78, 5) is 0. The van der Waals surface area contributed by atoms with E-state index in [-0.39, 0.29) is 6.10 Å². The van der Waals surface area contributed by atoms with Gasteiger partial charge in [0.2, 0.25) is 0 Å². The van der Waals surface area contributed by atoms with Gasteiger partial charge in [-0.25, -0.2) is 0 Å². The molecule has 0 aliphatic carbocycles. The van der Waals surface area contributed by atoms with Crippen LogP contribution < -0.4 is 19.5 Å². The minimum Gasteiger partial charge on any atom is -0.494 e. The molecule has 1 unspecified atom stereocenters. The molecule has 0 radical (unpaired) electrons. The van der Waals surface area contributed by atoms with E-state index in [1.54, 1.807) is 7.11 Å². The summed E-state index contributed by atoms with van der Waals surface area (Å²) in [7, 11) is 1.65. The van der Waals surface area contributed by atoms with Crippen LogP contribution in [0.15, 0.2) is 48.5 Å². The van der Waals surface area contributed by atoms with Gasteiger partial charge in [-0.05, 0) is 37.6 Å². The SMILES string of the molecule is CCCOc1cccc(NCC(C)Oc2ccccc2OC)c1. The average Bonchev–Trinajstić information content (AvgIpc) is 2.59. The Kier molecular flexibility index (Phi) is 6.60. The van der Waals surface area contributed by atoms with Gasteiger partial charge >= 0.3 is 0 Å². The number of ether oxygens (including phenoxy) is 3. The predicted molar refractivity (Wildman–Crippen MR) is 93.8 cm³/mol. The molecule has 0 fully saturated rings. The molecule has 2 aromatic rings. The summed E-state index contributed by atoms with van der Waals surface area (Å²) in [5, 5.41) is 3.37. The van der Waals surface area contributed by atoms with Crippen LogP contribution in [0, 0.1) is 0 Å². The van der Waals surface area contributed by atoms with Gasteiger partial charge in [0.1, 0.15) is 11.9 Å². The van der Waals surface area contributed by atoms with Crippen LogP contribution >= 0.6 is 0 Å². The maximum atomic E-state index is 5.93. The zero-order chi connectivity index (χ0) is 16.5. The molecule has 0 spiro atoms. The monoisotopic (exact) mass is 315 g/mol. The lowest BCUT2D eigenvalue weighted by Gasteiger charge is -2.18. The van der Waals surface area contributed by atoms with E-state index in [1.165, 1.54) is 0 Å². The van der Waals surface area contributed by atoms with Crippen molar-refractivity contribution < 1.29 is 14.2 Å². The van der Waals surface area contributed by atoms with Gasteiger partial charge in [-0.1, -0.05) is 25.1 Å². The van der Waals surface area contributed by atoms with E-state index in [2.05, 4.69) is 12.2 Å². The second kappa shape index (κ2) is 8.93. The zero-order valence-corrected chi connectivity index (χ0v) is 14.0. The summed E-state index contributed by atoms with van der Waals surface area (Å²) in [5.74, 6) is 2.38. The average molecular weight is 315 g/mol. The first-order chi connectivity index (χ1) is 11.2. The molecule has 4 heteroatoms. The van der Waals surface area contributed by atoms with E-state index in [0.717, 1.165) is 36.0 Å². The Morgan fingerprint density at radius 2 is 1.83 bits per heavy atom. The van der Waals surface area contributed by atoms with Gasteiger partial charge in [0.05, 0.1) is 20.3 Å². The standard InChI is InChI=1S/C19H25NO3/c1-4-12-22-17-9-7-8-16(13-17)20-14-15(2)23-19-11-6-5-10-18(19)21-3/h5-11,13,15,20H,4,12,14H2,1-3H3. The zero-order valence-electron chi connectivity index (χ0n) is 14.0. The molecule has 0 bridgehead atoms. The van der Waals surface area contributed by atoms with Crippen LogP contribution in [0.3, 0.4) is 0 Å². The Morgan fingerprint density at radius 3 is 2.57 bits per heavy atom. The molecular weight excluding hydrogens is 290 g/mol. The van der Waals surface area contributed by atoms with Crippen molar-refractivity contribution in [2.45, 2.75) is 26.4 Å². The summed E-state index contributed by atoms with van der Waals surface area (Å²) in [6.07, 6.45) is 1.01. The van der Waals surface area contributed by atoms with Gasteiger partial charge in [0.15, 0.2) is 11.5 Å². The molecule has 124 valence electrons. The Balaban J connectivity index is 1.87. The van der Waals surface area contributed by atoms with Gasteiger partial charge < -0.3 is 19.5 Å². The van der Waals surface area contributed by atoms with Gasteiger partial charge in [0, 0.05) is 11.8 Å². The smallest absolute Gasteiger partial charge is 0.161 e. The van der Waals surface area contributed by atoms with Crippen molar-refractivity contribution in [2.24, 2.45) is 0 Å². The van der Waals surface area contributed by atoms with Crippen molar-refractivity contribution in [3.8, 4) is 17.2 Å². The normalized spacial score (nSPS) is 11.6. The molecule has 1 N–H and O–H groups in total. The topological polar surface area (TPSA) is 39.7 Å². The largest absolute Gasteiger partial charge is 0.494 e. The van der Waals surface area contributed by atoms with Crippen molar-refractivity contribution in [1.29, 1.82) is 0 Å². The Morgan fingerprint density at radius 1 is 1.04 bits per heavy atom. The Labute approximate surface area is 138 Å². The number of methoxy groups -OCH3 is 1. The molecule has 0 saturated carbocycles. The minimum absolute atomic E-state index is 0.00603. The molecule has 0 saturated heterocycles. The quantitative estimate of drug-likeness (QED) is 0.746. The fourth-order valence-corrected chi connectivity index (χ4v) is 2.15. The molecule has 0 heterocycles. The third kappa shape index (κ3) is 5.40. The highest BCUT2D eigenvalue weighted by Crippen LogP contribution is 2.27. The fraction of sp³-hybridized carbons (Fsp3) is 0.368. The van der Waals surface area contributed by atoms with Crippen LogP contribution in [0.4, 0.5) is 5.69 Å². The number of anilines is 1. The summed E-state index contributed by atoms with van der Waals surface area (Å²) < 4.78 is 16.9. The molecule has 4 nitrogen and oxygen atoms in total.